The van der Waals surface area contributed by atoms with E-state index in [4.69, 9.17) is 4.74 Å². The fourth-order valence-electron chi connectivity index (χ4n) is 2.77. The van der Waals surface area contributed by atoms with E-state index >= 15 is 0 Å². The van der Waals surface area contributed by atoms with Crippen LogP contribution in [-0.2, 0) is 24.9 Å². The van der Waals surface area contributed by atoms with E-state index in [0.29, 0.717) is 19.0 Å². The van der Waals surface area contributed by atoms with Crippen molar-refractivity contribution in [1.82, 2.24) is 24.7 Å². The highest BCUT2D eigenvalue weighted by Gasteiger charge is 2.16. The third kappa shape index (κ3) is 3.16. The van der Waals surface area contributed by atoms with Crippen LogP contribution in [0.5, 0.6) is 0 Å². The van der Waals surface area contributed by atoms with Gasteiger partial charge in [-0.3, -0.25) is 0 Å². The average Bonchev–Trinajstić information content (AvgIpc) is 3.27. The molecular formula is C18H18N6OS. The number of aryl methyl sites for hydroxylation is 1. The summed E-state index contributed by atoms with van der Waals surface area (Å²) in [4.78, 5) is 10.3. The molecule has 0 fully saturated rings. The van der Waals surface area contributed by atoms with Crippen molar-refractivity contribution in [2.45, 2.75) is 13.2 Å². The highest BCUT2D eigenvalue weighted by molar-refractivity contribution is 7.17. The summed E-state index contributed by atoms with van der Waals surface area (Å²) in [5.41, 5.74) is 2.26. The van der Waals surface area contributed by atoms with Gasteiger partial charge in [-0.2, -0.15) is 0 Å². The number of ether oxygens (including phenoxy) is 1. The summed E-state index contributed by atoms with van der Waals surface area (Å²) in [7, 11) is 3.56. The Kier molecular flexibility index (Phi) is 4.59. The number of thiophene rings is 1. The van der Waals surface area contributed by atoms with Crippen molar-refractivity contribution >= 4 is 27.4 Å². The summed E-state index contributed by atoms with van der Waals surface area (Å²) >= 11 is 1.61. The molecule has 0 aliphatic heterocycles. The summed E-state index contributed by atoms with van der Waals surface area (Å²) in [6.45, 7) is 0.895. The van der Waals surface area contributed by atoms with Gasteiger partial charge in [0.1, 0.15) is 23.6 Å². The maximum absolute atomic E-state index is 5.22. The normalized spacial score (nSPS) is 11.2. The molecule has 7 nitrogen and oxygen atoms in total. The van der Waals surface area contributed by atoms with Gasteiger partial charge < -0.3 is 14.6 Å². The van der Waals surface area contributed by atoms with Crippen LogP contribution in [0.3, 0.4) is 0 Å². The number of rotatable bonds is 6. The molecule has 0 unspecified atom stereocenters. The Morgan fingerprint density at radius 2 is 2.04 bits per heavy atom. The first-order valence-electron chi connectivity index (χ1n) is 8.15. The van der Waals surface area contributed by atoms with E-state index in [1.165, 1.54) is 0 Å². The molecule has 4 rings (SSSR count). The van der Waals surface area contributed by atoms with Crippen LogP contribution >= 0.6 is 11.3 Å². The van der Waals surface area contributed by atoms with Crippen LogP contribution in [0.2, 0.25) is 0 Å². The Hall–Kier alpha value is -2.84. The molecule has 132 valence electrons. The minimum Gasteiger partial charge on any atom is -0.377 e. The molecule has 3 heterocycles. The highest BCUT2D eigenvalue weighted by Crippen LogP contribution is 2.37. The van der Waals surface area contributed by atoms with Gasteiger partial charge in [-0.05, 0) is 5.56 Å². The Bertz CT molecular complexity index is 1030. The summed E-state index contributed by atoms with van der Waals surface area (Å²) in [5, 5.41) is 14.6. The molecule has 4 aromatic rings. The van der Waals surface area contributed by atoms with E-state index < -0.39 is 0 Å². The predicted octanol–water partition coefficient (Wildman–Crippen LogP) is 3.25. The molecular weight excluding hydrogens is 348 g/mol. The molecule has 3 aromatic heterocycles. The van der Waals surface area contributed by atoms with Gasteiger partial charge >= 0.3 is 0 Å². The zero-order valence-electron chi connectivity index (χ0n) is 14.5. The zero-order chi connectivity index (χ0) is 17.9. The second kappa shape index (κ2) is 7.19. The summed E-state index contributed by atoms with van der Waals surface area (Å²) in [5.74, 6) is 2.27. The van der Waals surface area contributed by atoms with Crippen LogP contribution < -0.4 is 5.32 Å². The van der Waals surface area contributed by atoms with E-state index in [1.807, 2.05) is 29.8 Å². The van der Waals surface area contributed by atoms with Crippen LogP contribution in [0.25, 0.3) is 21.3 Å². The number of aromatic nitrogens is 5. The van der Waals surface area contributed by atoms with Gasteiger partial charge in [-0.1, -0.05) is 30.3 Å². The molecule has 8 heteroatoms. The maximum atomic E-state index is 5.22. The van der Waals surface area contributed by atoms with Crippen molar-refractivity contribution in [3.05, 3.63) is 53.7 Å². The summed E-state index contributed by atoms with van der Waals surface area (Å²) in [6, 6.07) is 10.3. The quantitative estimate of drug-likeness (QED) is 0.564. The number of anilines is 1. The van der Waals surface area contributed by atoms with E-state index in [1.54, 1.807) is 24.8 Å². The van der Waals surface area contributed by atoms with Crippen molar-refractivity contribution < 1.29 is 4.74 Å². The number of fused-ring (bicyclic) bond motifs is 1. The molecule has 0 aliphatic carbocycles. The third-order valence-electron chi connectivity index (χ3n) is 4.06. The Morgan fingerprint density at radius 1 is 1.19 bits per heavy atom. The lowest BCUT2D eigenvalue weighted by molar-refractivity contribution is 0.178. The van der Waals surface area contributed by atoms with Gasteiger partial charge in [0.25, 0.3) is 0 Å². The second-order valence-electron chi connectivity index (χ2n) is 5.83. The standard InChI is InChI=1S/C18H18N6OS/c1-24-11-20-23-15(24)8-19-17-16-13(12-6-4-3-5-7-12)10-26-18(16)22-14(21-17)9-25-2/h3-7,10-11H,8-9H2,1-2H3,(H,19,21,22). The van der Waals surface area contributed by atoms with Crippen molar-refractivity contribution in [2.24, 2.45) is 7.05 Å². The summed E-state index contributed by atoms with van der Waals surface area (Å²) < 4.78 is 7.10. The number of hydrogen-bond acceptors (Lipinski definition) is 7. The maximum Gasteiger partial charge on any atom is 0.158 e. The van der Waals surface area contributed by atoms with Crippen LogP contribution in [0.4, 0.5) is 5.82 Å². The highest BCUT2D eigenvalue weighted by atomic mass is 32.1. The van der Waals surface area contributed by atoms with Crippen molar-refractivity contribution in [2.75, 3.05) is 12.4 Å². The Morgan fingerprint density at radius 3 is 2.77 bits per heavy atom. The van der Waals surface area contributed by atoms with Gasteiger partial charge in [0.15, 0.2) is 11.6 Å². The first-order valence-corrected chi connectivity index (χ1v) is 9.03. The first kappa shape index (κ1) is 16.6. The first-order chi connectivity index (χ1) is 12.8. The third-order valence-corrected chi connectivity index (χ3v) is 4.93. The molecule has 0 bridgehead atoms. The van der Waals surface area contributed by atoms with E-state index in [0.717, 1.165) is 33.0 Å². The molecule has 1 N–H and O–H groups in total. The molecule has 0 amide bonds. The number of hydrogen-bond donors (Lipinski definition) is 1. The van der Waals surface area contributed by atoms with Crippen LogP contribution in [-0.4, -0.2) is 31.8 Å². The second-order valence-corrected chi connectivity index (χ2v) is 6.69. The van der Waals surface area contributed by atoms with Gasteiger partial charge in [0.2, 0.25) is 0 Å². The van der Waals surface area contributed by atoms with E-state index in [9.17, 15) is 0 Å². The number of benzene rings is 1. The molecule has 0 radical (unpaired) electrons. The fourth-order valence-corrected chi connectivity index (χ4v) is 3.73. The number of nitrogens with zero attached hydrogens (tertiary/aromatic N) is 5. The van der Waals surface area contributed by atoms with Gasteiger partial charge in [0, 0.05) is 25.1 Å². The van der Waals surface area contributed by atoms with Crippen molar-refractivity contribution in [3.8, 4) is 11.1 Å². The number of nitrogens with one attached hydrogen (secondary N) is 1. The Balaban J connectivity index is 1.79. The molecule has 26 heavy (non-hydrogen) atoms. The lowest BCUT2D eigenvalue weighted by Gasteiger charge is -2.10. The average molecular weight is 366 g/mol. The minimum atomic E-state index is 0.368. The summed E-state index contributed by atoms with van der Waals surface area (Å²) in [6.07, 6.45) is 1.68. The van der Waals surface area contributed by atoms with Crippen molar-refractivity contribution in [3.63, 3.8) is 0 Å². The van der Waals surface area contributed by atoms with Gasteiger partial charge in [-0.15, -0.1) is 21.5 Å². The zero-order valence-corrected chi connectivity index (χ0v) is 15.3. The fraction of sp³-hybridized carbons (Fsp3) is 0.222. The van der Waals surface area contributed by atoms with E-state index in [2.05, 4.69) is 43.0 Å². The molecule has 1 aromatic carbocycles. The van der Waals surface area contributed by atoms with E-state index in [-0.39, 0.29) is 0 Å². The molecule has 0 saturated heterocycles. The van der Waals surface area contributed by atoms with Gasteiger partial charge in [-0.25, -0.2) is 9.97 Å². The van der Waals surface area contributed by atoms with Gasteiger partial charge in [0.05, 0.1) is 11.9 Å². The molecule has 0 saturated carbocycles. The smallest absolute Gasteiger partial charge is 0.158 e. The monoisotopic (exact) mass is 366 g/mol. The largest absolute Gasteiger partial charge is 0.377 e. The molecule has 0 atom stereocenters. The van der Waals surface area contributed by atoms with Crippen molar-refractivity contribution in [1.29, 1.82) is 0 Å². The van der Waals surface area contributed by atoms with Crippen LogP contribution in [0.15, 0.2) is 42.0 Å². The predicted molar refractivity (Wildman–Crippen MR) is 102 cm³/mol. The van der Waals surface area contributed by atoms with Crippen LogP contribution in [0.1, 0.15) is 11.6 Å². The molecule has 0 spiro atoms. The lowest BCUT2D eigenvalue weighted by atomic mass is 10.1. The topological polar surface area (TPSA) is 77.8 Å². The van der Waals surface area contributed by atoms with Crippen LogP contribution in [0, 0.1) is 0 Å². The lowest BCUT2D eigenvalue weighted by Crippen LogP contribution is -2.09. The minimum absolute atomic E-state index is 0.368. The Labute approximate surface area is 154 Å². The molecule has 0 aliphatic rings. The number of methoxy groups -OCH3 is 1. The SMILES string of the molecule is COCc1nc(NCc2nncn2C)c2c(-c3ccccc3)csc2n1.